The number of rotatable bonds is 8. The maximum Gasteiger partial charge on any atom is 0.303 e. The monoisotopic (exact) mass is 359 g/mol. The molecule has 1 saturated carbocycles. The average molecular weight is 359 g/mol. The Morgan fingerprint density at radius 1 is 1.12 bits per heavy atom. The van der Waals surface area contributed by atoms with Crippen LogP contribution in [0.15, 0.2) is 48.5 Å². The third-order valence-electron chi connectivity index (χ3n) is 5.00. The van der Waals surface area contributed by atoms with Crippen LogP contribution in [0.2, 0.25) is 0 Å². The van der Waals surface area contributed by atoms with E-state index in [-0.39, 0.29) is 24.4 Å². The van der Waals surface area contributed by atoms with Gasteiger partial charge in [0.25, 0.3) is 0 Å². The number of aliphatic carboxylic acids is 1. The summed E-state index contributed by atoms with van der Waals surface area (Å²) in [4.78, 5) is 10.9. The maximum absolute atomic E-state index is 13.4. The minimum Gasteiger partial charge on any atom is -0.481 e. The van der Waals surface area contributed by atoms with Gasteiger partial charge >= 0.3 is 5.97 Å². The quantitative estimate of drug-likeness (QED) is 0.740. The van der Waals surface area contributed by atoms with Gasteiger partial charge in [0.05, 0.1) is 0 Å². The number of hydrogen-bond donors (Lipinski definition) is 2. The Hall–Kier alpha value is -2.27. The first kappa shape index (κ1) is 18.5. The Morgan fingerprint density at radius 3 is 2.38 bits per heavy atom. The van der Waals surface area contributed by atoms with Crippen molar-refractivity contribution in [3.8, 4) is 0 Å². The van der Waals surface area contributed by atoms with Crippen molar-refractivity contribution in [2.75, 3.05) is 0 Å². The minimum atomic E-state index is -0.799. The number of nitrogens with one attached hydrogen (secondary N) is 1. The van der Waals surface area contributed by atoms with Gasteiger partial charge in [0.1, 0.15) is 11.6 Å². The molecular weight excluding hydrogens is 336 g/mol. The molecule has 1 fully saturated rings. The van der Waals surface area contributed by atoms with E-state index in [9.17, 15) is 13.6 Å². The Bertz CT molecular complexity index is 725. The maximum atomic E-state index is 13.4. The van der Waals surface area contributed by atoms with Crippen LogP contribution >= 0.6 is 0 Å². The molecule has 0 radical (unpaired) electrons. The molecule has 1 aliphatic rings. The van der Waals surface area contributed by atoms with Crippen molar-refractivity contribution < 1.29 is 18.7 Å². The molecule has 0 heterocycles. The zero-order chi connectivity index (χ0) is 18.5. The number of carboxylic acid groups (broad SMARTS) is 1. The molecule has 0 aliphatic heterocycles. The highest BCUT2D eigenvalue weighted by molar-refractivity contribution is 5.66. The van der Waals surface area contributed by atoms with Crippen LogP contribution in [-0.4, -0.2) is 23.2 Å². The lowest BCUT2D eigenvalue weighted by Gasteiger charge is -2.39. The first-order chi connectivity index (χ1) is 12.5. The molecule has 1 atom stereocenters. The number of halogens is 2. The second-order valence-electron chi connectivity index (χ2n) is 7.05. The highest BCUT2D eigenvalue weighted by Gasteiger charge is 2.32. The zero-order valence-electron chi connectivity index (χ0n) is 14.5. The van der Waals surface area contributed by atoms with Crippen molar-refractivity contribution in [3.05, 3.63) is 71.3 Å². The van der Waals surface area contributed by atoms with Gasteiger partial charge in [-0.25, -0.2) is 8.78 Å². The van der Waals surface area contributed by atoms with E-state index in [0.717, 1.165) is 25.3 Å². The third-order valence-corrected chi connectivity index (χ3v) is 5.00. The largest absolute Gasteiger partial charge is 0.481 e. The molecule has 26 heavy (non-hydrogen) atoms. The van der Waals surface area contributed by atoms with Gasteiger partial charge < -0.3 is 10.4 Å². The summed E-state index contributed by atoms with van der Waals surface area (Å²) in [5.74, 6) is -1.74. The lowest BCUT2D eigenvalue weighted by atomic mass is 9.75. The molecular formula is C21H23F2NO2. The van der Waals surface area contributed by atoms with E-state index in [1.54, 1.807) is 0 Å². The summed E-state index contributed by atoms with van der Waals surface area (Å²) >= 11 is 0. The highest BCUT2D eigenvalue weighted by atomic mass is 19.1. The molecule has 3 nitrogen and oxygen atoms in total. The molecule has 0 aromatic heterocycles. The normalized spacial score (nSPS) is 20.4. The first-order valence-corrected chi connectivity index (χ1v) is 8.97. The van der Waals surface area contributed by atoms with Gasteiger partial charge in [-0.05, 0) is 54.9 Å². The van der Waals surface area contributed by atoms with Gasteiger partial charge in [0.15, 0.2) is 0 Å². The summed E-state index contributed by atoms with van der Waals surface area (Å²) < 4.78 is 26.7. The van der Waals surface area contributed by atoms with E-state index in [4.69, 9.17) is 5.11 Å². The second kappa shape index (κ2) is 8.41. The van der Waals surface area contributed by atoms with E-state index in [1.165, 1.54) is 17.7 Å². The predicted octanol–water partition coefficient (Wildman–Crippen LogP) is 4.28. The van der Waals surface area contributed by atoms with E-state index in [2.05, 4.69) is 5.32 Å². The van der Waals surface area contributed by atoms with Crippen LogP contribution < -0.4 is 5.32 Å². The summed E-state index contributed by atoms with van der Waals surface area (Å²) in [6.07, 6.45) is 3.06. The first-order valence-electron chi connectivity index (χ1n) is 8.97. The smallest absolute Gasteiger partial charge is 0.303 e. The Labute approximate surface area is 152 Å². The Kier molecular flexibility index (Phi) is 5.99. The molecule has 2 aromatic carbocycles. The van der Waals surface area contributed by atoms with Crippen LogP contribution in [-0.2, 0) is 11.2 Å². The molecule has 2 N–H and O–H groups in total. The van der Waals surface area contributed by atoms with Crippen LogP contribution in [0.25, 0.3) is 0 Å². The van der Waals surface area contributed by atoms with Gasteiger partial charge in [-0.1, -0.05) is 30.3 Å². The summed E-state index contributed by atoms with van der Waals surface area (Å²) in [5, 5.41) is 12.5. The number of carbonyl (C=O) groups is 1. The fourth-order valence-electron chi connectivity index (χ4n) is 3.61. The van der Waals surface area contributed by atoms with Crippen LogP contribution in [0.5, 0.6) is 0 Å². The van der Waals surface area contributed by atoms with E-state index in [0.29, 0.717) is 12.0 Å². The van der Waals surface area contributed by atoms with Gasteiger partial charge in [-0.3, -0.25) is 4.79 Å². The van der Waals surface area contributed by atoms with Gasteiger partial charge in [0.2, 0.25) is 0 Å². The highest BCUT2D eigenvalue weighted by Crippen LogP contribution is 2.37. The molecule has 0 amide bonds. The van der Waals surface area contributed by atoms with Crippen LogP contribution in [0.4, 0.5) is 8.78 Å². The number of benzene rings is 2. The lowest BCUT2D eigenvalue weighted by molar-refractivity contribution is -0.137. The van der Waals surface area contributed by atoms with Crippen LogP contribution in [0.1, 0.15) is 42.7 Å². The Morgan fingerprint density at radius 2 is 1.77 bits per heavy atom. The van der Waals surface area contributed by atoms with Crippen molar-refractivity contribution in [2.45, 2.75) is 50.1 Å². The molecule has 3 rings (SSSR count). The van der Waals surface area contributed by atoms with Crippen molar-refractivity contribution >= 4 is 5.97 Å². The predicted molar refractivity (Wildman–Crippen MR) is 96.1 cm³/mol. The van der Waals surface area contributed by atoms with E-state index < -0.39 is 17.6 Å². The SMILES string of the molecule is O=C(O)CCC(Cc1ccccc1)NC1CC(c2cc(F)cc(F)c2)C1. The standard InChI is InChI=1S/C21H23F2NO2/c22-17-9-15(10-18(23)13-17)16-11-20(12-16)24-19(6-7-21(25)26)8-14-4-2-1-3-5-14/h1-5,9-10,13,16,19-20,24H,6-8,11-12H2,(H,25,26). The topological polar surface area (TPSA) is 49.3 Å². The van der Waals surface area contributed by atoms with Gasteiger partial charge in [-0.2, -0.15) is 0 Å². The van der Waals surface area contributed by atoms with Crippen molar-refractivity contribution in [1.82, 2.24) is 5.32 Å². The summed E-state index contributed by atoms with van der Waals surface area (Å²) in [6, 6.07) is 14.0. The molecule has 138 valence electrons. The second-order valence-corrected chi connectivity index (χ2v) is 7.05. The molecule has 0 spiro atoms. The van der Waals surface area contributed by atoms with E-state index in [1.807, 2.05) is 30.3 Å². The summed E-state index contributed by atoms with van der Waals surface area (Å²) in [6.45, 7) is 0. The number of carboxylic acids is 1. The van der Waals surface area contributed by atoms with Crippen molar-refractivity contribution in [1.29, 1.82) is 0 Å². The summed E-state index contributed by atoms with van der Waals surface area (Å²) in [5.41, 5.74) is 1.86. The Balaban J connectivity index is 1.56. The van der Waals surface area contributed by atoms with Crippen molar-refractivity contribution in [3.63, 3.8) is 0 Å². The van der Waals surface area contributed by atoms with Crippen LogP contribution in [0.3, 0.4) is 0 Å². The molecule has 1 unspecified atom stereocenters. The molecule has 0 bridgehead atoms. The van der Waals surface area contributed by atoms with Crippen LogP contribution in [0, 0.1) is 11.6 Å². The third kappa shape index (κ3) is 5.11. The average Bonchev–Trinajstić information content (AvgIpc) is 2.55. The van der Waals surface area contributed by atoms with Gasteiger partial charge in [-0.15, -0.1) is 0 Å². The fourth-order valence-corrected chi connectivity index (χ4v) is 3.61. The summed E-state index contributed by atoms with van der Waals surface area (Å²) in [7, 11) is 0. The lowest BCUT2D eigenvalue weighted by Crippen LogP contribution is -2.46. The molecule has 2 aromatic rings. The molecule has 5 heteroatoms. The van der Waals surface area contributed by atoms with Crippen molar-refractivity contribution in [2.24, 2.45) is 0 Å². The minimum absolute atomic E-state index is 0.0729. The molecule has 0 saturated heterocycles. The fraction of sp³-hybridized carbons (Fsp3) is 0.381. The zero-order valence-corrected chi connectivity index (χ0v) is 14.5. The number of hydrogen-bond acceptors (Lipinski definition) is 2. The van der Waals surface area contributed by atoms with E-state index >= 15 is 0 Å². The molecule has 1 aliphatic carbocycles. The van der Waals surface area contributed by atoms with Gasteiger partial charge in [0, 0.05) is 24.6 Å².